The molecule has 1 N–H and O–H groups in total. The lowest BCUT2D eigenvalue weighted by atomic mass is 10.1. The Hall–Kier alpha value is -2.42. The van der Waals surface area contributed by atoms with Crippen LogP contribution in [0, 0.1) is 21.7 Å². The lowest BCUT2D eigenvalue weighted by Gasteiger charge is -1.99. The molecule has 1 atom stereocenters. The fourth-order valence-corrected chi connectivity index (χ4v) is 1.38. The summed E-state index contributed by atoms with van der Waals surface area (Å²) < 4.78 is 31.6. The Morgan fingerprint density at radius 2 is 2.16 bits per heavy atom. The summed E-state index contributed by atoms with van der Waals surface area (Å²) >= 11 is 0. The summed E-state index contributed by atoms with van der Waals surface area (Å²) in [5, 5.41) is 23.1. The summed E-state index contributed by atoms with van der Waals surface area (Å²) in [5.74, 6) is -2.88. The first-order valence-electron chi connectivity index (χ1n) is 5.05. The molecule has 1 aromatic heterocycles. The lowest BCUT2D eigenvalue weighted by molar-refractivity contribution is -0.387. The van der Waals surface area contributed by atoms with Gasteiger partial charge in [-0.3, -0.25) is 10.1 Å². The third kappa shape index (κ3) is 2.40. The van der Waals surface area contributed by atoms with E-state index in [1.165, 1.54) is 6.92 Å². The molecule has 0 radical (unpaired) electrons. The zero-order valence-electron chi connectivity index (χ0n) is 9.50. The highest BCUT2D eigenvalue weighted by Crippen LogP contribution is 2.29. The molecule has 7 nitrogen and oxygen atoms in total. The molecule has 0 aliphatic rings. The molecular formula is C10H7F2N3O4. The second-order valence-corrected chi connectivity index (χ2v) is 3.68. The van der Waals surface area contributed by atoms with Gasteiger partial charge in [-0.25, -0.2) is 4.39 Å². The zero-order valence-corrected chi connectivity index (χ0v) is 9.50. The van der Waals surface area contributed by atoms with Crippen molar-refractivity contribution in [2.24, 2.45) is 0 Å². The summed E-state index contributed by atoms with van der Waals surface area (Å²) in [5.41, 5.74) is -1.57. The Kier molecular flexibility index (Phi) is 3.21. The SMILES string of the molecule is CC(O)c1noc(-c2cc(F)cc([N+](=O)[O-])c2F)n1. The van der Waals surface area contributed by atoms with Gasteiger partial charge in [0, 0.05) is 0 Å². The Labute approximate surface area is 104 Å². The third-order valence-corrected chi connectivity index (χ3v) is 2.26. The van der Waals surface area contributed by atoms with Crippen molar-refractivity contribution in [2.45, 2.75) is 13.0 Å². The smallest absolute Gasteiger partial charge is 0.308 e. The first-order chi connectivity index (χ1) is 8.90. The van der Waals surface area contributed by atoms with E-state index in [9.17, 15) is 24.0 Å². The minimum Gasteiger partial charge on any atom is -0.385 e. The maximum Gasteiger partial charge on any atom is 0.308 e. The number of aliphatic hydroxyl groups excluding tert-OH is 1. The van der Waals surface area contributed by atoms with Gasteiger partial charge in [0.25, 0.3) is 5.89 Å². The van der Waals surface area contributed by atoms with Crippen molar-refractivity contribution >= 4 is 5.69 Å². The van der Waals surface area contributed by atoms with Crippen molar-refractivity contribution in [1.29, 1.82) is 0 Å². The lowest BCUT2D eigenvalue weighted by Crippen LogP contribution is -1.97. The predicted octanol–water partition coefficient (Wildman–Crippen LogP) is 1.98. The van der Waals surface area contributed by atoms with Gasteiger partial charge in [-0.05, 0) is 13.0 Å². The molecule has 9 heteroatoms. The molecule has 0 amide bonds. The summed E-state index contributed by atoms with van der Waals surface area (Å²) in [6, 6.07) is 1.15. The highest BCUT2D eigenvalue weighted by atomic mass is 19.1. The maximum absolute atomic E-state index is 13.8. The second-order valence-electron chi connectivity index (χ2n) is 3.68. The Bertz CT molecular complexity index is 642. The number of aliphatic hydroxyl groups is 1. The van der Waals surface area contributed by atoms with E-state index in [-0.39, 0.29) is 5.82 Å². The van der Waals surface area contributed by atoms with E-state index in [1.807, 2.05) is 0 Å². The fourth-order valence-electron chi connectivity index (χ4n) is 1.38. The Morgan fingerprint density at radius 1 is 1.47 bits per heavy atom. The van der Waals surface area contributed by atoms with Crippen LogP contribution in [0.1, 0.15) is 18.9 Å². The second kappa shape index (κ2) is 4.69. The number of nitro groups is 1. The number of benzene rings is 1. The molecule has 0 spiro atoms. The van der Waals surface area contributed by atoms with Crippen LogP contribution in [0.3, 0.4) is 0 Å². The van der Waals surface area contributed by atoms with Crippen molar-refractivity contribution in [2.75, 3.05) is 0 Å². The fraction of sp³-hybridized carbons (Fsp3) is 0.200. The van der Waals surface area contributed by atoms with Gasteiger partial charge in [0.2, 0.25) is 5.82 Å². The highest BCUT2D eigenvalue weighted by Gasteiger charge is 2.25. The minimum atomic E-state index is -1.29. The standard InChI is InChI=1S/C10H7F2N3O4/c1-4(16)9-13-10(19-14-9)6-2-5(11)3-7(8(6)12)15(17)18/h2-4,16H,1H3. The molecule has 0 saturated carbocycles. The normalized spacial score (nSPS) is 12.4. The van der Waals surface area contributed by atoms with Crippen molar-refractivity contribution in [1.82, 2.24) is 10.1 Å². The van der Waals surface area contributed by atoms with E-state index in [4.69, 9.17) is 0 Å². The molecule has 100 valence electrons. The van der Waals surface area contributed by atoms with Gasteiger partial charge in [0.15, 0.2) is 5.82 Å². The van der Waals surface area contributed by atoms with E-state index in [0.717, 1.165) is 0 Å². The largest absolute Gasteiger partial charge is 0.385 e. The van der Waals surface area contributed by atoms with Gasteiger partial charge >= 0.3 is 5.69 Å². The zero-order chi connectivity index (χ0) is 14.2. The molecule has 0 bridgehead atoms. The molecular weight excluding hydrogens is 264 g/mol. The van der Waals surface area contributed by atoms with Gasteiger partial charge < -0.3 is 9.63 Å². The van der Waals surface area contributed by atoms with Gasteiger partial charge in [0.05, 0.1) is 16.6 Å². The van der Waals surface area contributed by atoms with Crippen LogP contribution in [0.2, 0.25) is 0 Å². The van der Waals surface area contributed by atoms with Gasteiger partial charge in [-0.15, -0.1) is 0 Å². The Balaban J connectivity index is 2.58. The molecule has 0 saturated heterocycles. The topological polar surface area (TPSA) is 102 Å². The summed E-state index contributed by atoms with van der Waals surface area (Å²) in [6.45, 7) is 1.35. The summed E-state index contributed by atoms with van der Waals surface area (Å²) in [7, 11) is 0. The molecule has 0 fully saturated rings. The van der Waals surface area contributed by atoms with Crippen LogP contribution in [0.25, 0.3) is 11.5 Å². The van der Waals surface area contributed by atoms with Gasteiger partial charge in [0.1, 0.15) is 11.9 Å². The number of aromatic nitrogens is 2. The summed E-state index contributed by atoms with van der Waals surface area (Å²) in [6.07, 6.45) is -1.07. The molecule has 0 aliphatic heterocycles. The monoisotopic (exact) mass is 271 g/mol. The number of hydrogen-bond donors (Lipinski definition) is 1. The quantitative estimate of drug-likeness (QED) is 0.676. The van der Waals surface area contributed by atoms with Crippen LogP contribution in [0.4, 0.5) is 14.5 Å². The van der Waals surface area contributed by atoms with Crippen LogP contribution in [0.15, 0.2) is 16.7 Å². The summed E-state index contributed by atoms with van der Waals surface area (Å²) in [4.78, 5) is 13.1. The molecule has 1 aromatic carbocycles. The average molecular weight is 271 g/mol. The molecule has 19 heavy (non-hydrogen) atoms. The molecule has 2 aromatic rings. The van der Waals surface area contributed by atoms with Crippen molar-refractivity contribution in [3.05, 3.63) is 39.7 Å². The van der Waals surface area contributed by atoms with Crippen LogP contribution in [-0.2, 0) is 0 Å². The molecule has 0 aliphatic carbocycles. The first kappa shape index (κ1) is 13.0. The first-order valence-corrected chi connectivity index (χ1v) is 5.05. The van der Waals surface area contributed by atoms with Crippen LogP contribution >= 0.6 is 0 Å². The maximum atomic E-state index is 13.8. The third-order valence-electron chi connectivity index (χ3n) is 2.26. The molecule has 1 heterocycles. The van der Waals surface area contributed by atoms with Crippen molar-refractivity contribution < 1.29 is 23.3 Å². The number of halogens is 2. The van der Waals surface area contributed by atoms with Crippen LogP contribution in [-0.4, -0.2) is 20.2 Å². The minimum absolute atomic E-state index is 0.138. The van der Waals surface area contributed by atoms with Gasteiger partial charge in [-0.2, -0.15) is 9.37 Å². The Morgan fingerprint density at radius 3 is 2.68 bits per heavy atom. The number of rotatable bonds is 3. The number of nitrogens with zero attached hydrogens (tertiary/aromatic N) is 3. The number of hydrogen-bond acceptors (Lipinski definition) is 6. The number of nitro benzene ring substituents is 1. The van der Waals surface area contributed by atoms with Crippen LogP contribution in [0.5, 0.6) is 0 Å². The highest BCUT2D eigenvalue weighted by molar-refractivity contribution is 5.59. The average Bonchev–Trinajstić information content (AvgIpc) is 2.80. The van der Waals surface area contributed by atoms with E-state index < -0.39 is 39.8 Å². The van der Waals surface area contributed by atoms with Gasteiger partial charge in [-0.1, -0.05) is 5.16 Å². The van der Waals surface area contributed by atoms with Crippen LogP contribution < -0.4 is 0 Å². The predicted molar refractivity (Wildman–Crippen MR) is 56.9 cm³/mol. The van der Waals surface area contributed by atoms with Crippen molar-refractivity contribution in [3.8, 4) is 11.5 Å². The van der Waals surface area contributed by atoms with E-state index in [2.05, 4.69) is 14.7 Å². The van der Waals surface area contributed by atoms with Crippen molar-refractivity contribution in [3.63, 3.8) is 0 Å². The van der Waals surface area contributed by atoms with E-state index >= 15 is 0 Å². The molecule has 1 unspecified atom stereocenters. The van der Waals surface area contributed by atoms with E-state index in [0.29, 0.717) is 12.1 Å². The van der Waals surface area contributed by atoms with E-state index in [1.54, 1.807) is 0 Å². The molecule has 2 rings (SSSR count).